The van der Waals surface area contributed by atoms with Crippen LogP contribution in [0.3, 0.4) is 0 Å². The second-order valence-electron chi connectivity index (χ2n) is 7.18. The SMILES string of the molecule is FC(F)(F)c1cccc(Nc2nnc(-c3cccc(Oc4ccnc5ccccc45)c3)[nH]2)c1. The van der Waals surface area contributed by atoms with Gasteiger partial charge in [-0.2, -0.15) is 13.2 Å². The van der Waals surface area contributed by atoms with Crippen LogP contribution in [0.4, 0.5) is 24.8 Å². The number of nitrogens with one attached hydrogen (secondary N) is 2. The Hall–Kier alpha value is -4.40. The van der Waals surface area contributed by atoms with Gasteiger partial charge in [0, 0.05) is 22.8 Å². The number of alkyl halides is 3. The number of aromatic nitrogens is 4. The number of ether oxygens (including phenoxy) is 1. The van der Waals surface area contributed by atoms with Crippen LogP contribution in [0.5, 0.6) is 11.5 Å². The molecule has 2 heterocycles. The zero-order valence-corrected chi connectivity index (χ0v) is 17.0. The Labute approximate surface area is 186 Å². The van der Waals surface area contributed by atoms with E-state index in [-0.39, 0.29) is 11.6 Å². The third-order valence-corrected chi connectivity index (χ3v) is 4.88. The lowest BCUT2D eigenvalue weighted by atomic mass is 10.2. The van der Waals surface area contributed by atoms with Gasteiger partial charge in [0.05, 0.1) is 11.1 Å². The van der Waals surface area contributed by atoms with E-state index in [0.29, 0.717) is 22.9 Å². The van der Waals surface area contributed by atoms with E-state index >= 15 is 0 Å². The van der Waals surface area contributed by atoms with Gasteiger partial charge in [-0.15, -0.1) is 10.2 Å². The van der Waals surface area contributed by atoms with Crippen LogP contribution in [0.15, 0.2) is 85.1 Å². The van der Waals surface area contributed by atoms with Crippen molar-refractivity contribution in [1.29, 1.82) is 0 Å². The Morgan fingerprint density at radius 1 is 0.848 bits per heavy atom. The van der Waals surface area contributed by atoms with E-state index in [9.17, 15) is 13.2 Å². The fourth-order valence-corrected chi connectivity index (χ4v) is 3.35. The van der Waals surface area contributed by atoms with Gasteiger partial charge < -0.3 is 15.0 Å². The molecule has 0 radical (unpaired) electrons. The third-order valence-electron chi connectivity index (χ3n) is 4.88. The van der Waals surface area contributed by atoms with Crippen molar-refractivity contribution in [3.05, 3.63) is 90.6 Å². The Morgan fingerprint density at radius 3 is 2.58 bits per heavy atom. The number of hydrogen-bond acceptors (Lipinski definition) is 5. The van der Waals surface area contributed by atoms with Gasteiger partial charge in [-0.3, -0.25) is 4.98 Å². The monoisotopic (exact) mass is 447 g/mol. The number of aromatic amines is 1. The van der Waals surface area contributed by atoms with Crippen molar-refractivity contribution in [2.45, 2.75) is 6.18 Å². The maximum Gasteiger partial charge on any atom is 0.416 e. The predicted molar refractivity (Wildman–Crippen MR) is 118 cm³/mol. The molecule has 0 aliphatic rings. The summed E-state index contributed by atoms with van der Waals surface area (Å²) in [6.07, 6.45) is -2.74. The zero-order valence-electron chi connectivity index (χ0n) is 17.0. The molecule has 0 bridgehead atoms. The third kappa shape index (κ3) is 4.47. The summed E-state index contributed by atoms with van der Waals surface area (Å²) in [4.78, 5) is 7.31. The molecule has 5 rings (SSSR count). The number of benzene rings is 3. The molecule has 0 unspecified atom stereocenters. The second-order valence-corrected chi connectivity index (χ2v) is 7.18. The van der Waals surface area contributed by atoms with Crippen LogP contribution in [0.2, 0.25) is 0 Å². The molecule has 2 N–H and O–H groups in total. The number of fused-ring (bicyclic) bond motifs is 1. The van der Waals surface area contributed by atoms with Crippen LogP contribution < -0.4 is 10.1 Å². The summed E-state index contributed by atoms with van der Waals surface area (Å²) in [6, 6.07) is 21.6. The first-order valence-electron chi connectivity index (χ1n) is 9.95. The number of para-hydroxylation sites is 1. The summed E-state index contributed by atoms with van der Waals surface area (Å²) in [5.41, 5.74) is 1.03. The summed E-state index contributed by atoms with van der Waals surface area (Å²) in [7, 11) is 0. The lowest BCUT2D eigenvalue weighted by Crippen LogP contribution is -2.05. The first-order valence-corrected chi connectivity index (χ1v) is 9.95. The average Bonchev–Trinajstić information content (AvgIpc) is 3.28. The van der Waals surface area contributed by atoms with Gasteiger partial charge in [0.15, 0.2) is 5.82 Å². The van der Waals surface area contributed by atoms with Crippen molar-refractivity contribution in [2.75, 3.05) is 5.32 Å². The standard InChI is InChI=1S/C24H16F3N5O/c25-24(26,27)16-6-4-7-17(14-16)29-23-30-22(31-32-23)15-5-3-8-18(13-15)33-21-11-12-28-20-10-2-1-9-19(20)21/h1-14H,(H2,29,30,31,32). The fraction of sp³-hybridized carbons (Fsp3) is 0.0417. The van der Waals surface area contributed by atoms with E-state index in [2.05, 4.69) is 25.5 Å². The summed E-state index contributed by atoms with van der Waals surface area (Å²) in [6.45, 7) is 0. The Kier molecular flexibility index (Phi) is 5.14. The van der Waals surface area contributed by atoms with Gasteiger partial charge in [0.25, 0.3) is 0 Å². The molecule has 0 aliphatic carbocycles. The van der Waals surface area contributed by atoms with Crippen LogP contribution in [0.1, 0.15) is 5.56 Å². The average molecular weight is 447 g/mol. The molecule has 2 aromatic heterocycles. The predicted octanol–water partition coefficient (Wildman–Crippen LogP) is 6.57. The van der Waals surface area contributed by atoms with Crippen LogP contribution in [0.25, 0.3) is 22.3 Å². The molecule has 3 aromatic carbocycles. The van der Waals surface area contributed by atoms with Gasteiger partial charge in [0.1, 0.15) is 11.5 Å². The highest BCUT2D eigenvalue weighted by molar-refractivity contribution is 5.85. The first kappa shape index (κ1) is 20.5. The molecule has 0 fully saturated rings. The number of pyridine rings is 1. The largest absolute Gasteiger partial charge is 0.457 e. The molecular weight excluding hydrogens is 431 g/mol. The quantitative estimate of drug-likeness (QED) is 0.319. The molecule has 164 valence electrons. The number of halogens is 3. The summed E-state index contributed by atoms with van der Waals surface area (Å²) < 4.78 is 44.9. The lowest BCUT2D eigenvalue weighted by Gasteiger charge is -2.09. The number of anilines is 2. The molecule has 0 atom stereocenters. The maximum atomic E-state index is 12.9. The summed E-state index contributed by atoms with van der Waals surface area (Å²) >= 11 is 0. The van der Waals surface area contributed by atoms with Crippen molar-refractivity contribution in [3.8, 4) is 22.9 Å². The van der Waals surface area contributed by atoms with E-state index in [4.69, 9.17) is 4.74 Å². The van der Waals surface area contributed by atoms with E-state index < -0.39 is 11.7 Å². The van der Waals surface area contributed by atoms with Gasteiger partial charge in [-0.1, -0.05) is 30.3 Å². The van der Waals surface area contributed by atoms with Gasteiger partial charge in [-0.25, -0.2) is 0 Å². The number of nitrogens with zero attached hydrogens (tertiary/aromatic N) is 3. The molecule has 0 amide bonds. The number of rotatable bonds is 5. The van der Waals surface area contributed by atoms with Crippen molar-refractivity contribution < 1.29 is 17.9 Å². The van der Waals surface area contributed by atoms with E-state index in [0.717, 1.165) is 23.0 Å². The lowest BCUT2D eigenvalue weighted by molar-refractivity contribution is -0.137. The highest BCUT2D eigenvalue weighted by atomic mass is 19.4. The van der Waals surface area contributed by atoms with Crippen LogP contribution >= 0.6 is 0 Å². The van der Waals surface area contributed by atoms with Crippen molar-refractivity contribution in [1.82, 2.24) is 20.2 Å². The summed E-state index contributed by atoms with van der Waals surface area (Å²) in [5, 5.41) is 11.8. The number of hydrogen-bond donors (Lipinski definition) is 2. The molecular formula is C24H16F3N5O. The fourth-order valence-electron chi connectivity index (χ4n) is 3.35. The Balaban J connectivity index is 1.37. The topological polar surface area (TPSA) is 75.7 Å². The first-order chi connectivity index (χ1) is 16.0. The Morgan fingerprint density at radius 2 is 1.70 bits per heavy atom. The second kappa shape index (κ2) is 8.27. The van der Waals surface area contributed by atoms with Crippen LogP contribution in [-0.4, -0.2) is 20.2 Å². The zero-order chi connectivity index (χ0) is 22.8. The molecule has 33 heavy (non-hydrogen) atoms. The highest BCUT2D eigenvalue weighted by Gasteiger charge is 2.30. The van der Waals surface area contributed by atoms with Crippen molar-refractivity contribution in [2.24, 2.45) is 0 Å². The molecule has 6 nitrogen and oxygen atoms in total. The van der Waals surface area contributed by atoms with Crippen molar-refractivity contribution in [3.63, 3.8) is 0 Å². The Bertz CT molecular complexity index is 1430. The van der Waals surface area contributed by atoms with Crippen molar-refractivity contribution >= 4 is 22.5 Å². The molecule has 0 saturated carbocycles. The molecule has 0 aliphatic heterocycles. The molecule has 9 heteroatoms. The minimum absolute atomic E-state index is 0.218. The minimum atomic E-state index is -4.43. The normalized spacial score (nSPS) is 11.5. The van der Waals surface area contributed by atoms with Crippen LogP contribution in [-0.2, 0) is 6.18 Å². The highest BCUT2D eigenvalue weighted by Crippen LogP contribution is 2.32. The van der Waals surface area contributed by atoms with Gasteiger partial charge in [-0.05, 0) is 48.5 Å². The van der Waals surface area contributed by atoms with E-state index in [1.807, 2.05) is 42.5 Å². The van der Waals surface area contributed by atoms with Gasteiger partial charge >= 0.3 is 6.18 Å². The molecule has 0 spiro atoms. The molecule has 0 saturated heterocycles. The maximum absolute atomic E-state index is 12.9. The van der Waals surface area contributed by atoms with E-state index in [1.165, 1.54) is 12.1 Å². The smallest absolute Gasteiger partial charge is 0.416 e. The molecule has 5 aromatic rings. The minimum Gasteiger partial charge on any atom is -0.457 e. The van der Waals surface area contributed by atoms with E-state index in [1.54, 1.807) is 18.3 Å². The van der Waals surface area contributed by atoms with Crippen LogP contribution in [0, 0.1) is 0 Å². The van der Waals surface area contributed by atoms with Gasteiger partial charge in [0.2, 0.25) is 5.95 Å². The summed E-state index contributed by atoms with van der Waals surface area (Å²) in [5.74, 6) is 1.92. The number of H-pyrrole nitrogens is 1.